The molecule has 0 aromatic rings. The van der Waals surface area contributed by atoms with E-state index in [-0.39, 0.29) is 5.75 Å². The van der Waals surface area contributed by atoms with Gasteiger partial charge in [0.2, 0.25) is 0 Å². The summed E-state index contributed by atoms with van der Waals surface area (Å²) < 4.78 is 47.7. The highest BCUT2D eigenvalue weighted by atomic mass is 32.2. The van der Waals surface area contributed by atoms with E-state index in [0.29, 0.717) is 32.7 Å². The zero-order valence-corrected chi connectivity index (χ0v) is 21.2. The first-order valence-electron chi connectivity index (χ1n) is 12.1. The van der Waals surface area contributed by atoms with Crippen LogP contribution in [-0.2, 0) is 23.7 Å². The lowest BCUT2D eigenvalue weighted by atomic mass is 10.1. The van der Waals surface area contributed by atoms with Gasteiger partial charge >= 0.3 is 8.60 Å². The smallest absolute Gasteiger partial charge is 0.312 e. The van der Waals surface area contributed by atoms with E-state index in [1.807, 2.05) is 0 Å². The van der Waals surface area contributed by atoms with Crippen molar-refractivity contribution in [3.05, 3.63) is 0 Å². The minimum absolute atomic E-state index is 0.230. The van der Waals surface area contributed by atoms with Crippen LogP contribution in [0.3, 0.4) is 0 Å². The summed E-state index contributed by atoms with van der Waals surface area (Å²) in [4.78, 5) is 0. The van der Waals surface area contributed by atoms with Gasteiger partial charge in [0, 0.05) is 0 Å². The Kier molecular flexibility index (Phi) is 22.6. The first kappa shape index (κ1) is 30.2. The lowest BCUT2D eigenvalue weighted by molar-refractivity contribution is 0.154. The maximum atomic E-state index is 10.8. The monoisotopic (exact) mass is 470 g/mol. The summed E-state index contributed by atoms with van der Waals surface area (Å²) in [6.45, 7) is 6.12. The summed E-state index contributed by atoms with van der Waals surface area (Å²) in [7, 11) is -5.27. The quantitative estimate of drug-likeness (QED) is 0.0897. The molecule has 0 saturated carbocycles. The van der Waals surface area contributed by atoms with Gasteiger partial charge in [-0.1, -0.05) is 90.9 Å². The summed E-state index contributed by atoms with van der Waals surface area (Å²) in [6, 6.07) is 0. The van der Waals surface area contributed by atoms with Crippen molar-refractivity contribution >= 4 is 18.7 Å². The normalized spacial score (nSPS) is 12.1. The fourth-order valence-corrected chi connectivity index (χ4v) is 4.66. The van der Waals surface area contributed by atoms with E-state index in [0.717, 1.165) is 12.8 Å². The van der Waals surface area contributed by atoms with Gasteiger partial charge in [-0.3, -0.25) is 4.55 Å². The van der Waals surface area contributed by atoms with Crippen LogP contribution in [0, 0.1) is 0 Å². The van der Waals surface area contributed by atoms with Crippen molar-refractivity contribution in [2.75, 3.05) is 25.6 Å². The Balaban J connectivity index is 3.92. The molecule has 0 aliphatic carbocycles. The molecule has 182 valence electrons. The van der Waals surface area contributed by atoms with E-state index in [1.165, 1.54) is 77.0 Å². The molecule has 8 heteroatoms. The molecule has 6 nitrogen and oxygen atoms in total. The molecule has 0 aromatic heterocycles. The van der Waals surface area contributed by atoms with Gasteiger partial charge in [-0.15, -0.1) is 0 Å². The molecule has 0 atom stereocenters. The molecule has 0 saturated heterocycles. The summed E-state index contributed by atoms with van der Waals surface area (Å²) >= 11 is 0. The Morgan fingerprint density at radius 3 is 1.27 bits per heavy atom. The maximum Gasteiger partial charge on any atom is 0.332 e. The fraction of sp³-hybridized carbons (Fsp3) is 1.00. The van der Waals surface area contributed by atoms with Gasteiger partial charge in [-0.2, -0.15) is 8.42 Å². The van der Waals surface area contributed by atoms with Crippen molar-refractivity contribution in [1.29, 1.82) is 0 Å². The Morgan fingerprint density at radius 1 is 0.567 bits per heavy atom. The Bertz CT molecular complexity index is 427. The minimum Gasteiger partial charge on any atom is -0.312 e. The van der Waals surface area contributed by atoms with Crippen molar-refractivity contribution in [2.24, 2.45) is 0 Å². The van der Waals surface area contributed by atoms with Crippen molar-refractivity contribution in [3.8, 4) is 0 Å². The van der Waals surface area contributed by atoms with Crippen LogP contribution < -0.4 is 0 Å². The van der Waals surface area contributed by atoms with Crippen molar-refractivity contribution in [1.82, 2.24) is 0 Å². The van der Waals surface area contributed by atoms with Crippen molar-refractivity contribution in [3.63, 3.8) is 0 Å². The highest BCUT2D eigenvalue weighted by Gasteiger charge is 2.13. The summed E-state index contributed by atoms with van der Waals surface area (Å²) in [6.07, 6.45) is 18.2. The fourth-order valence-electron chi connectivity index (χ4n) is 3.03. The predicted octanol–water partition coefficient (Wildman–Crippen LogP) is 7.43. The van der Waals surface area contributed by atoms with E-state index in [4.69, 9.17) is 18.1 Å². The van der Waals surface area contributed by atoms with Gasteiger partial charge in [0.25, 0.3) is 10.1 Å². The minimum atomic E-state index is -3.90. The van der Waals surface area contributed by atoms with Crippen LogP contribution in [0.1, 0.15) is 117 Å². The van der Waals surface area contributed by atoms with E-state index in [1.54, 1.807) is 0 Å². The van der Waals surface area contributed by atoms with Gasteiger partial charge in [-0.25, -0.2) is 0 Å². The van der Waals surface area contributed by atoms with Gasteiger partial charge in [0.1, 0.15) is 0 Å². The highest BCUT2D eigenvalue weighted by molar-refractivity contribution is 7.85. The predicted molar refractivity (Wildman–Crippen MR) is 126 cm³/mol. The molecular weight excluding hydrogens is 423 g/mol. The second-order valence-electron chi connectivity index (χ2n) is 7.96. The zero-order valence-electron chi connectivity index (χ0n) is 19.5. The van der Waals surface area contributed by atoms with Crippen LogP contribution in [0.25, 0.3) is 0 Å². The van der Waals surface area contributed by atoms with E-state index in [2.05, 4.69) is 13.8 Å². The molecule has 0 radical (unpaired) electrons. The molecule has 0 aromatic carbocycles. The van der Waals surface area contributed by atoms with Gasteiger partial charge in [0.05, 0.1) is 25.6 Å². The van der Waals surface area contributed by atoms with Crippen molar-refractivity contribution in [2.45, 2.75) is 117 Å². The largest absolute Gasteiger partial charge is 0.332 e. The molecule has 0 heterocycles. The van der Waals surface area contributed by atoms with E-state index < -0.39 is 18.7 Å². The van der Waals surface area contributed by atoms with E-state index >= 15 is 0 Å². The molecule has 30 heavy (non-hydrogen) atoms. The number of hydrogen-bond donors (Lipinski definition) is 1. The third-order valence-corrected chi connectivity index (χ3v) is 6.87. The third-order valence-electron chi connectivity index (χ3n) is 4.88. The zero-order chi connectivity index (χ0) is 22.3. The molecule has 0 aliphatic rings. The molecule has 0 unspecified atom stereocenters. The summed E-state index contributed by atoms with van der Waals surface area (Å²) in [5.74, 6) is -0.230. The first-order valence-corrected chi connectivity index (χ1v) is 14.8. The average Bonchev–Trinajstić information content (AvgIpc) is 2.70. The molecule has 0 rings (SSSR count). The Labute approximate surface area is 187 Å². The summed E-state index contributed by atoms with van der Waals surface area (Å²) in [5.41, 5.74) is 0. The molecule has 0 fully saturated rings. The Hall–Kier alpha value is 0.220. The van der Waals surface area contributed by atoms with Gasteiger partial charge < -0.3 is 13.6 Å². The number of rotatable bonds is 24. The highest BCUT2D eigenvalue weighted by Crippen LogP contribution is 2.40. The number of unbranched alkanes of at least 4 members (excludes halogenated alkanes) is 13. The Morgan fingerprint density at radius 2 is 0.900 bits per heavy atom. The van der Waals surface area contributed by atoms with Crippen LogP contribution in [0.15, 0.2) is 0 Å². The molecule has 0 bridgehead atoms. The lowest BCUT2D eigenvalue weighted by Gasteiger charge is -2.17. The standard InChI is InChI=1S/C22H47O6PS/c1-3-5-7-9-11-13-15-19-26-29(28-21-17-18-22-30(23,24)25)27-20-16-14-12-10-8-6-4-2/h3-22H2,1-2H3,(H,23,24,25). The molecule has 0 amide bonds. The number of hydrogen-bond acceptors (Lipinski definition) is 5. The van der Waals surface area contributed by atoms with Crippen LogP contribution >= 0.6 is 8.60 Å². The first-order chi connectivity index (χ1) is 14.5. The van der Waals surface area contributed by atoms with Crippen LogP contribution in [0.2, 0.25) is 0 Å². The second kappa shape index (κ2) is 22.4. The van der Waals surface area contributed by atoms with Crippen LogP contribution in [0.4, 0.5) is 0 Å². The molecule has 1 N–H and O–H groups in total. The van der Waals surface area contributed by atoms with E-state index in [9.17, 15) is 8.42 Å². The van der Waals surface area contributed by atoms with Crippen LogP contribution in [-0.4, -0.2) is 38.5 Å². The maximum absolute atomic E-state index is 10.8. The SMILES string of the molecule is CCCCCCCCCOP(OCCCCCCCCC)OCCCCS(=O)(=O)O. The summed E-state index contributed by atoms with van der Waals surface area (Å²) in [5, 5.41) is 0. The van der Waals surface area contributed by atoms with Crippen LogP contribution in [0.5, 0.6) is 0 Å². The third kappa shape index (κ3) is 24.5. The molecule has 0 aliphatic heterocycles. The molecule has 0 spiro atoms. The van der Waals surface area contributed by atoms with Crippen molar-refractivity contribution < 1.29 is 26.5 Å². The molecular formula is C22H47O6PS. The average molecular weight is 471 g/mol. The van der Waals surface area contributed by atoms with Gasteiger partial charge in [0.15, 0.2) is 0 Å². The van der Waals surface area contributed by atoms with Gasteiger partial charge in [-0.05, 0) is 25.7 Å². The second-order valence-corrected chi connectivity index (χ2v) is 10.8. The topological polar surface area (TPSA) is 82.1 Å². The lowest BCUT2D eigenvalue weighted by Crippen LogP contribution is -2.05.